The molecule has 1 aliphatic rings. The largest absolute Gasteiger partial charge is 0.385 e. The third kappa shape index (κ3) is 2.89. The summed E-state index contributed by atoms with van der Waals surface area (Å²) in [6.45, 7) is 0.865. The second kappa shape index (κ2) is 5.88. The summed E-state index contributed by atoms with van der Waals surface area (Å²) < 4.78 is 0. The van der Waals surface area contributed by atoms with Gasteiger partial charge in [-0.3, -0.25) is 4.79 Å². The molecule has 20 heavy (non-hydrogen) atoms. The number of allylic oxidation sites excluding steroid dienone is 2. The number of hydrogen-bond acceptors (Lipinski definition) is 3. The molecule has 0 aliphatic carbocycles. The third-order valence-electron chi connectivity index (χ3n) is 3.25. The van der Waals surface area contributed by atoms with Crippen LogP contribution in [0.25, 0.3) is 5.57 Å². The Labute approximate surface area is 122 Å². The molecule has 2 nitrogen and oxygen atoms in total. The van der Waals surface area contributed by atoms with Gasteiger partial charge in [-0.25, -0.2) is 0 Å². The second-order valence-corrected chi connectivity index (χ2v) is 5.60. The van der Waals surface area contributed by atoms with E-state index < -0.39 is 0 Å². The van der Waals surface area contributed by atoms with E-state index in [1.807, 2.05) is 35.7 Å². The number of thiophene rings is 1. The summed E-state index contributed by atoms with van der Waals surface area (Å²) in [5.41, 5.74) is 3.39. The van der Waals surface area contributed by atoms with Gasteiger partial charge in [0.25, 0.3) is 0 Å². The minimum atomic E-state index is 0.0630. The quantitative estimate of drug-likeness (QED) is 0.683. The van der Waals surface area contributed by atoms with Crippen molar-refractivity contribution in [3.63, 3.8) is 0 Å². The predicted molar refractivity (Wildman–Crippen MR) is 83.8 cm³/mol. The molecule has 0 saturated carbocycles. The highest BCUT2D eigenvalue weighted by atomic mass is 32.1. The monoisotopic (exact) mass is 281 g/mol. The van der Waals surface area contributed by atoms with Gasteiger partial charge in [0.2, 0.25) is 0 Å². The minimum Gasteiger partial charge on any atom is -0.385 e. The number of carbonyl (C=O) groups excluding carboxylic acids is 1. The van der Waals surface area contributed by atoms with Gasteiger partial charge < -0.3 is 5.32 Å². The maximum absolute atomic E-state index is 12.1. The van der Waals surface area contributed by atoms with E-state index in [9.17, 15) is 4.79 Å². The Morgan fingerprint density at radius 1 is 1.15 bits per heavy atom. The molecule has 0 bridgehead atoms. The van der Waals surface area contributed by atoms with Crippen molar-refractivity contribution in [2.24, 2.45) is 0 Å². The van der Waals surface area contributed by atoms with Crippen LogP contribution in [0.15, 0.2) is 65.7 Å². The third-order valence-corrected chi connectivity index (χ3v) is 4.13. The lowest BCUT2D eigenvalue weighted by atomic mass is 9.99. The van der Waals surface area contributed by atoms with Crippen LogP contribution in [0.4, 0.5) is 0 Å². The predicted octanol–water partition coefficient (Wildman–Crippen LogP) is 3.89. The standard InChI is InChI=1S/C17H15NOS/c19-16(17-7-4-10-20-17)12-15-11-14(8-9-18-15)13-5-2-1-3-6-13/h1-7,10-12,18H,8-9H2/b15-12-. The van der Waals surface area contributed by atoms with Crippen molar-refractivity contribution in [2.75, 3.05) is 6.54 Å². The van der Waals surface area contributed by atoms with Crippen LogP contribution in [0.3, 0.4) is 0 Å². The van der Waals surface area contributed by atoms with E-state index in [0.717, 1.165) is 23.5 Å². The second-order valence-electron chi connectivity index (χ2n) is 4.65. The average molecular weight is 281 g/mol. The maximum atomic E-state index is 12.1. The molecule has 0 atom stereocenters. The van der Waals surface area contributed by atoms with Crippen LogP contribution >= 0.6 is 11.3 Å². The Balaban J connectivity index is 1.86. The van der Waals surface area contributed by atoms with Crippen molar-refractivity contribution in [3.05, 3.63) is 76.1 Å². The molecule has 3 rings (SSSR count). The van der Waals surface area contributed by atoms with Crippen molar-refractivity contribution in [3.8, 4) is 0 Å². The molecule has 1 aromatic carbocycles. The first-order valence-electron chi connectivity index (χ1n) is 6.62. The number of ketones is 1. The van der Waals surface area contributed by atoms with E-state index in [4.69, 9.17) is 0 Å². The zero-order valence-electron chi connectivity index (χ0n) is 11.0. The molecule has 0 amide bonds. The van der Waals surface area contributed by atoms with E-state index in [1.54, 1.807) is 6.08 Å². The summed E-state index contributed by atoms with van der Waals surface area (Å²) in [7, 11) is 0. The SMILES string of the molecule is O=C(/C=C1/C=C(c2ccccc2)CCN1)c1cccs1. The zero-order chi connectivity index (χ0) is 13.8. The molecule has 100 valence electrons. The normalized spacial score (nSPS) is 16.6. The molecular formula is C17H15NOS. The fraction of sp³-hybridized carbons (Fsp3) is 0.118. The van der Waals surface area contributed by atoms with E-state index >= 15 is 0 Å². The lowest BCUT2D eigenvalue weighted by Gasteiger charge is -2.17. The first kappa shape index (κ1) is 12.9. The van der Waals surface area contributed by atoms with E-state index in [2.05, 4.69) is 23.5 Å². The van der Waals surface area contributed by atoms with Gasteiger partial charge in [-0.1, -0.05) is 36.4 Å². The molecule has 2 heterocycles. The molecule has 2 aromatic rings. The number of nitrogens with one attached hydrogen (secondary N) is 1. The van der Waals surface area contributed by atoms with Gasteiger partial charge in [0.05, 0.1) is 4.88 Å². The molecule has 0 radical (unpaired) electrons. The van der Waals surface area contributed by atoms with Crippen molar-refractivity contribution >= 4 is 22.7 Å². The van der Waals surface area contributed by atoms with Crippen LogP contribution < -0.4 is 5.32 Å². The highest BCUT2D eigenvalue weighted by Crippen LogP contribution is 2.22. The van der Waals surface area contributed by atoms with Crippen LogP contribution in [0.1, 0.15) is 21.7 Å². The molecule has 1 N–H and O–H groups in total. The molecule has 1 aromatic heterocycles. The summed E-state index contributed by atoms with van der Waals surface area (Å²) >= 11 is 1.47. The van der Waals surface area contributed by atoms with Crippen LogP contribution in [-0.4, -0.2) is 12.3 Å². The fourth-order valence-electron chi connectivity index (χ4n) is 2.26. The molecular weight excluding hydrogens is 266 g/mol. The highest BCUT2D eigenvalue weighted by molar-refractivity contribution is 7.12. The Morgan fingerprint density at radius 2 is 2.00 bits per heavy atom. The lowest BCUT2D eigenvalue weighted by Crippen LogP contribution is -2.19. The first-order valence-corrected chi connectivity index (χ1v) is 7.50. The molecule has 1 aliphatic heterocycles. The van der Waals surface area contributed by atoms with Gasteiger partial charge in [0.1, 0.15) is 0 Å². The number of rotatable bonds is 3. The van der Waals surface area contributed by atoms with Crippen molar-refractivity contribution < 1.29 is 4.79 Å². The van der Waals surface area contributed by atoms with Crippen molar-refractivity contribution in [2.45, 2.75) is 6.42 Å². The van der Waals surface area contributed by atoms with Gasteiger partial charge >= 0.3 is 0 Å². The number of carbonyl (C=O) groups is 1. The lowest BCUT2D eigenvalue weighted by molar-refractivity contribution is 0.104. The Hall–Kier alpha value is -2.13. The van der Waals surface area contributed by atoms with E-state index in [-0.39, 0.29) is 5.78 Å². The van der Waals surface area contributed by atoms with Crippen LogP contribution in [-0.2, 0) is 0 Å². The summed E-state index contributed by atoms with van der Waals surface area (Å²) in [5.74, 6) is 0.0630. The fourth-order valence-corrected chi connectivity index (χ4v) is 2.89. The first-order chi connectivity index (χ1) is 9.83. The van der Waals surface area contributed by atoms with Gasteiger partial charge in [-0.05, 0) is 35.1 Å². The summed E-state index contributed by atoms with van der Waals surface area (Å²) in [6.07, 6.45) is 4.74. The van der Waals surface area contributed by atoms with Crippen molar-refractivity contribution in [1.29, 1.82) is 0 Å². The minimum absolute atomic E-state index is 0.0630. The van der Waals surface area contributed by atoms with Gasteiger partial charge in [0, 0.05) is 18.3 Å². The van der Waals surface area contributed by atoms with Crippen LogP contribution in [0, 0.1) is 0 Å². The molecule has 3 heteroatoms. The summed E-state index contributed by atoms with van der Waals surface area (Å²) in [5, 5.41) is 5.20. The molecule has 0 spiro atoms. The maximum Gasteiger partial charge on any atom is 0.197 e. The van der Waals surface area contributed by atoms with Gasteiger partial charge in [-0.2, -0.15) is 0 Å². The number of hydrogen-bond donors (Lipinski definition) is 1. The Morgan fingerprint density at radius 3 is 2.75 bits per heavy atom. The Kier molecular flexibility index (Phi) is 3.79. The Bertz CT molecular complexity index is 654. The molecule has 0 saturated heterocycles. The highest BCUT2D eigenvalue weighted by Gasteiger charge is 2.10. The van der Waals surface area contributed by atoms with Gasteiger partial charge in [0.15, 0.2) is 5.78 Å². The van der Waals surface area contributed by atoms with Gasteiger partial charge in [-0.15, -0.1) is 11.3 Å². The van der Waals surface area contributed by atoms with Crippen LogP contribution in [0.5, 0.6) is 0 Å². The average Bonchev–Trinajstić information content (AvgIpc) is 3.03. The van der Waals surface area contributed by atoms with Crippen molar-refractivity contribution in [1.82, 2.24) is 5.32 Å². The topological polar surface area (TPSA) is 29.1 Å². The summed E-state index contributed by atoms with van der Waals surface area (Å²) in [6, 6.07) is 14.1. The zero-order valence-corrected chi connectivity index (χ0v) is 11.8. The van der Waals surface area contributed by atoms with E-state index in [0.29, 0.717) is 0 Å². The number of benzene rings is 1. The smallest absolute Gasteiger partial charge is 0.197 e. The molecule has 0 unspecified atom stereocenters. The van der Waals surface area contributed by atoms with E-state index in [1.165, 1.54) is 22.5 Å². The van der Waals surface area contributed by atoms with Crippen LogP contribution in [0.2, 0.25) is 0 Å². The molecule has 0 fully saturated rings. The summed E-state index contributed by atoms with van der Waals surface area (Å²) in [4.78, 5) is 12.9.